The second-order valence-corrected chi connectivity index (χ2v) is 8.75. The number of carbonyl (C=O) groups excluding carboxylic acids is 1. The van der Waals surface area contributed by atoms with Crippen LogP contribution in [0, 0.1) is 6.92 Å². The largest absolute Gasteiger partial charge is 0.496 e. The van der Waals surface area contributed by atoms with E-state index in [1.165, 1.54) is 23.5 Å². The number of nitrogens with one attached hydrogen (secondary N) is 1. The summed E-state index contributed by atoms with van der Waals surface area (Å²) in [5, 5.41) is 2.81. The maximum Gasteiger partial charge on any atom is 0.264 e. The van der Waals surface area contributed by atoms with E-state index in [4.69, 9.17) is 4.74 Å². The molecule has 3 rings (SSSR count). The summed E-state index contributed by atoms with van der Waals surface area (Å²) in [7, 11) is -0.740. The fraction of sp³-hybridized carbons (Fsp3) is 0.174. The Morgan fingerprint density at radius 1 is 1.00 bits per heavy atom. The molecular weight excluding hydrogens is 400 g/mol. The van der Waals surface area contributed by atoms with Gasteiger partial charge in [-0.2, -0.15) is 0 Å². The van der Waals surface area contributed by atoms with Crippen LogP contribution in [0.15, 0.2) is 77.7 Å². The van der Waals surface area contributed by atoms with Crippen LogP contribution < -0.4 is 14.4 Å². The summed E-state index contributed by atoms with van der Waals surface area (Å²) >= 11 is 0. The first kappa shape index (κ1) is 21.4. The Balaban J connectivity index is 1.81. The van der Waals surface area contributed by atoms with Crippen molar-refractivity contribution in [3.05, 3.63) is 89.5 Å². The van der Waals surface area contributed by atoms with E-state index >= 15 is 0 Å². The van der Waals surface area contributed by atoms with Gasteiger partial charge in [-0.3, -0.25) is 9.10 Å². The third-order valence-electron chi connectivity index (χ3n) is 4.84. The molecule has 6 nitrogen and oxygen atoms in total. The number of rotatable bonds is 7. The summed E-state index contributed by atoms with van der Waals surface area (Å²) in [4.78, 5) is 12.7. The van der Waals surface area contributed by atoms with Gasteiger partial charge in [0.25, 0.3) is 15.9 Å². The number of anilines is 1. The minimum atomic E-state index is -3.81. The van der Waals surface area contributed by atoms with Crippen LogP contribution in [0.25, 0.3) is 0 Å². The van der Waals surface area contributed by atoms with Gasteiger partial charge in [0.2, 0.25) is 0 Å². The Kier molecular flexibility index (Phi) is 6.42. The van der Waals surface area contributed by atoms with Crippen molar-refractivity contribution in [3.63, 3.8) is 0 Å². The third kappa shape index (κ3) is 4.46. The van der Waals surface area contributed by atoms with Crippen molar-refractivity contribution >= 4 is 21.6 Å². The molecule has 0 bridgehead atoms. The molecule has 0 unspecified atom stereocenters. The van der Waals surface area contributed by atoms with Gasteiger partial charge in [-0.15, -0.1) is 0 Å². The van der Waals surface area contributed by atoms with Crippen LogP contribution in [0.3, 0.4) is 0 Å². The standard InChI is InChI=1S/C23H24N2O4S/c1-17-9-4-6-13-21(17)25(2)30(27,28)20-12-8-11-18(15-20)23(26)24-16-19-10-5-7-14-22(19)29-3/h4-15H,16H2,1-3H3,(H,24,26). The molecule has 0 saturated heterocycles. The molecule has 3 aromatic carbocycles. The van der Waals surface area contributed by atoms with Crippen molar-refractivity contribution in [3.8, 4) is 5.75 Å². The first-order chi connectivity index (χ1) is 14.3. The number of para-hydroxylation sites is 2. The second kappa shape index (κ2) is 9.00. The molecule has 0 aliphatic rings. The Labute approximate surface area is 177 Å². The normalized spacial score (nSPS) is 11.0. The molecule has 0 spiro atoms. The van der Waals surface area contributed by atoms with E-state index < -0.39 is 10.0 Å². The summed E-state index contributed by atoms with van der Waals surface area (Å²) in [6.07, 6.45) is 0. The lowest BCUT2D eigenvalue weighted by molar-refractivity contribution is 0.0950. The van der Waals surface area contributed by atoms with Crippen molar-refractivity contribution in [1.29, 1.82) is 0 Å². The minimum Gasteiger partial charge on any atom is -0.496 e. The van der Waals surface area contributed by atoms with Crippen molar-refractivity contribution in [2.24, 2.45) is 0 Å². The third-order valence-corrected chi connectivity index (χ3v) is 6.61. The van der Waals surface area contributed by atoms with Crippen molar-refractivity contribution in [2.45, 2.75) is 18.4 Å². The first-order valence-corrected chi connectivity index (χ1v) is 10.8. The molecule has 1 amide bonds. The molecule has 0 saturated carbocycles. The highest BCUT2D eigenvalue weighted by molar-refractivity contribution is 7.92. The molecule has 0 heterocycles. The summed E-state index contributed by atoms with van der Waals surface area (Å²) in [6.45, 7) is 2.12. The lowest BCUT2D eigenvalue weighted by atomic mass is 10.2. The molecule has 3 aromatic rings. The highest BCUT2D eigenvalue weighted by atomic mass is 32.2. The van der Waals surface area contributed by atoms with Gasteiger partial charge in [0.05, 0.1) is 17.7 Å². The van der Waals surface area contributed by atoms with Gasteiger partial charge in [-0.05, 0) is 42.8 Å². The van der Waals surface area contributed by atoms with Gasteiger partial charge < -0.3 is 10.1 Å². The van der Waals surface area contributed by atoms with E-state index in [9.17, 15) is 13.2 Å². The van der Waals surface area contributed by atoms with Gasteiger partial charge >= 0.3 is 0 Å². The minimum absolute atomic E-state index is 0.0539. The van der Waals surface area contributed by atoms with Gasteiger partial charge in [0.15, 0.2) is 0 Å². The first-order valence-electron chi connectivity index (χ1n) is 9.39. The second-order valence-electron chi connectivity index (χ2n) is 6.78. The van der Waals surface area contributed by atoms with Crippen LogP contribution in [0.5, 0.6) is 5.75 Å². The Morgan fingerprint density at radius 2 is 1.70 bits per heavy atom. The molecule has 1 N–H and O–H groups in total. The van der Waals surface area contributed by atoms with E-state index in [1.54, 1.807) is 31.4 Å². The topological polar surface area (TPSA) is 75.7 Å². The van der Waals surface area contributed by atoms with Crippen molar-refractivity contribution in [2.75, 3.05) is 18.5 Å². The lowest BCUT2D eigenvalue weighted by Crippen LogP contribution is -2.28. The van der Waals surface area contributed by atoms with Crippen LogP contribution in [0.2, 0.25) is 0 Å². The summed E-state index contributed by atoms with van der Waals surface area (Å²) < 4.78 is 32.7. The number of nitrogens with zero attached hydrogens (tertiary/aromatic N) is 1. The van der Waals surface area contributed by atoms with Crippen LogP contribution in [0.4, 0.5) is 5.69 Å². The van der Waals surface area contributed by atoms with Crippen LogP contribution >= 0.6 is 0 Å². The van der Waals surface area contributed by atoms with E-state index in [0.29, 0.717) is 11.4 Å². The Bertz CT molecular complexity index is 1160. The maximum absolute atomic E-state index is 13.1. The smallest absolute Gasteiger partial charge is 0.264 e. The Hall–Kier alpha value is -3.32. The van der Waals surface area contributed by atoms with Crippen molar-refractivity contribution < 1.29 is 17.9 Å². The molecule has 0 aliphatic heterocycles. The number of methoxy groups -OCH3 is 1. The number of ether oxygens (including phenoxy) is 1. The SMILES string of the molecule is COc1ccccc1CNC(=O)c1cccc(S(=O)(=O)N(C)c2ccccc2C)c1. The number of amides is 1. The zero-order valence-electron chi connectivity index (χ0n) is 17.1. The molecule has 0 fully saturated rings. The lowest BCUT2D eigenvalue weighted by Gasteiger charge is -2.21. The molecule has 7 heteroatoms. The van der Waals surface area contributed by atoms with Crippen LogP contribution in [-0.2, 0) is 16.6 Å². The number of hydrogen-bond acceptors (Lipinski definition) is 4. The predicted molar refractivity (Wildman–Crippen MR) is 117 cm³/mol. The zero-order valence-corrected chi connectivity index (χ0v) is 17.9. The molecule has 30 heavy (non-hydrogen) atoms. The van der Waals surface area contributed by atoms with E-state index in [0.717, 1.165) is 11.1 Å². The van der Waals surface area contributed by atoms with Gasteiger partial charge in [0.1, 0.15) is 5.75 Å². The molecule has 0 atom stereocenters. The van der Waals surface area contributed by atoms with Gasteiger partial charge in [-0.25, -0.2) is 8.42 Å². The number of carbonyl (C=O) groups is 1. The van der Waals surface area contributed by atoms with Gasteiger partial charge in [0, 0.05) is 24.7 Å². The van der Waals surface area contributed by atoms with Gasteiger partial charge in [-0.1, -0.05) is 42.5 Å². The maximum atomic E-state index is 13.1. The van der Waals surface area contributed by atoms with Crippen molar-refractivity contribution in [1.82, 2.24) is 5.32 Å². The Morgan fingerprint density at radius 3 is 2.43 bits per heavy atom. The summed E-state index contributed by atoms with van der Waals surface area (Å²) in [6, 6.07) is 20.7. The monoisotopic (exact) mass is 424 g/mol. The average Bonchev–Trinajstić information content (AvgIpc) is 2.77. The highest BCUT2D eigenvalue weighted by Gasteiger charge is 2.23. The quantitative estimate of drug-likeness (QED) is 0.627. The highest BCUT2D eigenvalue weighted by Crippen LogP contribution is 2.25. The molecule has 0 aliphatic carbocycles. The van der Waals surface area contributed by atoms with Crippen LogP contribution in [0.1, 0.15) is 21.5 Å². The van der Waals surface area contributed by atoms with Crippen LogP contribution in [-0.4, -0.2) is 28.5 Å². The zero-order chi connectivity index (χ0) is 21.7. The molecule has 0 radical (unpaired) electrons. The van der Waals surface area contributed by atoms with E-state index in [-0.39, 0.29) is 22.9 Å². The molecule has 156 valence electrons. The predicted octanol–water partition coefficient (Wildman–Crippen LogP) is 3.76. The average molecular weight is 425 g/mol. The number of sulfonamides is 1. The van der Waals surface area contributed by atoms with E-state index in [2.05, 4.69) is 5.32 Å². The number of hydrogen-bond donors (Lipinski definition) is 1. The van der Waals surface area contributed by atoms with E-state index in [1.807, 2.05) is 43.3 Å². The summed E-state index contributed by atoms with van der Waals surface area (Å²) in [5.41, 5.74) is 2.53. The summed E-state index contributed by atoms with van der Waals surface area (Å²) in [5.74, 6) is 0.311. The number of benzene rings is 3. The number of aryl methyl sites for hydroxylation is 1. The molecule has 0 aromatic heterocycles. The fourth-order valence-corrected chi connectivity index (χ4v) is 4.44. The molecular formula is C23H24N2O4S. The fourth-order valence-electron chi connectivity index (χ4n) is 3.13.